The van der Waals surface area contributed by atoms with Crippen molar-refractivity contribution in [3.05, 3.63) is 29.6 Å². The number of nitrogens with one attached hydrogen (secondary N) is 2. The van der Waals surface area contributed by atoms with Crippen LogP contribution in [0.3, 0.4) is 0 Å². The molecule has 1 aromatic carbocycles. The Morgan fingerprint density at radius 1 is 1.19 bits per heavy atom. The molecule has 0 radical (unpaired) electrons. The molecule has 2 N–H and O–H groups in total. The Morgan fingerprint density at radius 3 is 2.44 bits per heavy atom. The number of piperidine rings is 1. The van der Waals surface area contributed by atoms with E-state index in [1.165, 1.54) is 6.07 Å². The molecular formula is C22H35FN4O4S. The third-order valence-electron chi connectivity index (χ3n) is 5.82. The number of urea groups is 1. The minimum absolute atomic E-state index is 0.0446. The maximum atomic E-state index is 14.7. The number of morpholine rings is 1. The minimum Gasteiger partial charge on any atom is -0.372 e. The van der Waals surface area contributed by atoms with Crippen LogP contribution < -0.4 is 14.9 Å². The van der Waals surface area contributed by atoms with Crippen molar-refractivity contribution in [1.82, 2.24) is 14.9 Å². The molecule has 0 aromatic heterocycles. The molecule has 2 fully saturated rings. The first-order valence-electron chi connectivity index (χ1n) is 11.4. The van der Waals surface area contributed by atoms with Gasteiger partial charge in [-0.05, 0) is 50.8 Å². The molecule has 3 rings (SSSR count). The molecule has 2 amide bonds. The molecule has 10 heteroatoms. The number of sulfonamides is 1. The lowest BCUT2D eigenvalue weighted by Crippen LogP contribution is -2.49. The van der Waals surface area contributed by atoms with Crippen LogP contribution in [-0.4, -0.2) is 69.5 Å². The van der Waals surface area contributed by atoms with E-state index in [0.717, 1.165) is 0 Å². The van der Waals surface area contributed by atoms with E-state index in [0.29, 0.717) is 56.7 Å². The van der Waals surface area contributed by atoms with E-state index in [9.17, 15) is 17.6 Å². The topological polar surface area (TPSA) is 91.0 Å². The van der Waals surface area contributed by atoms with Gasteiger partial charge in [0.2, 0.25) is 10.0 Å². The molecule has 32 heavy (non-hydrogen) atoms. The standard InChI is InChI=1S/C22H35FN4O4S/c1-4-11-32(29,30)25-19-7-9-26(10-8-19)22(28)24-13-18-5-6-21(20(23)12-18)27-14-16(2)31-17(3)15-27/h5-6,12,16-17,19,25H,4,7-11,13-15H2,1-3H3,(H,24,28). The summed E-state index contributed by atoms with van der Waals surface area (Å²) in [6.07, 6.45) is 1.82. The molecule has 0 aliphatic carbocycles. The normalized spacial score (nSPS) is 22.8. The lowest BCUT2D eigenvalue weighted by molar-refractivity contribution is -0.00539. The first-order valence-corrected chi connectivity index (χ1v) is 13.0. The monoisotopic (exact) mass is 470 g/mol. The zero-order valence-corrected chi connectivity index (χ0v) is 20.0. The van der Waals surface area contributed by atoms with Crippen LogP contribution in [0.5, 0.6) is 0 Å². The van der Waals surface area contributed by atoms with Crippen molar-refractivity contribution in [1.29, 1.82) is 0 Å². The van der Waals surface area contributed by atoms with Crippen LogP contribution in [0.1, 0.15) is 45.6 Å². The predicted molar refractivity (Wildman–Crippen MR) is 123 cm³/mol. The van der Waals surface area contributed by atoms with Crippen LogP contribution in [0.2, 0.25) is 0 Å². The van der Waals surface area contributed by atoms with Gasteiger partial charge in [0.25, 0.3) is 0 Å². The molecule has 2 atom stereocenters. The molecule has 2 aliphatic rings. The van der Waals surface area contributed by atoms with Gasteiger partial charge in [0.1, 0.15) is 5.82 Å². The van der Waals surface area contributed by atoms with Gasteiger partial charge in [-0.3, -0.25) is 0 Å². The number of benzene rings is 1. The highest BCUT2D eigenvalue weighted by molar-refractivity contribution is 7.89. The summed E-state index contributed by atoms with van der Waals surface area (Å²) in [7, 11) is -3.25. The van der Waals surface area contributed by atoms with Gasteiger partial charge in [-0.15, -0.1) is 0 Å². The highest BCUT2D eigenvalue weighted by Crippen LogP contribution is 2.24. The van der Waals surface area contributed by atoms with E-state index in [2.05, 4.69) is 10.0 Å². The third kappa shape index (κ3) is 6.79. The number of carbonyl (C=O) groups is 1. The van der Waals surface area contributed by atoms with Crippen LogP contribution in [0, 0.1) is 5.82 Å². The van der Waals surface area contributed by atoms with E-state index < -0.39 is 10.0 Å². The number of ether oxygens (including phenoxy) is 1. The van der Waals surface area contributed by atoms with Crippen molar-refractivity contribution in [2.24, 2.45) is 0 Å². The predicted octanol–water partition coefficient (Wildman–Crippen LogP) is 2.44. The maximum Gasteiger partial charge on any atom is 0.317 e. The summed E-state index contributed by atoms with van der Waals surface area (Å²) in [6, 6.07) is 4.70. The molecular weight excluding hydrogens is 435 g/mol. The molecule has 2 saturated heterocycles. The Kier molecular flexibility index (Phi) is 8.35. The van der Waals surface area contributed by atoms with E-state index in [1.807, 2.05) is 31.7 Å². The highest BCUT2D eigenvalue weighted by atomic mass is 32.2. The van der Waals surface area contributed by atoms with Crippen LogP contribution in [0.25, 0.3) is 0 Å². The average molecular weight is 471 g/mol. The smallest absolute Gasteiger partial charge is 0.317 e. The fourth-order valence-corrected chi connectivity index (χ4v) is 5.76. The second kappa shape index (κ2) is 10.8. The Balaban J connectivity index is 1.48. The first kappa shape index (κ1) is 24.7. The summed E-state index contributed by atoms with van der Waals surface area (Å²) >= 11 is 0. The zero-order chi connectivity index (χ0) is 23.3. The van der Waals surface area contributed by atoms with E-state index in [1.54, 1.807) is 11.0 Å². The molecule has 2 heterocycles. The lowest BCUT2D eigenvalue weighted by Gasteiger charge is -2.37. The number of anilines is 1. The number of hydrogen-bond acceptors (Lipinski definition) is 5. The fraction of sp³-hybridized carbons (Fsp3) is 0.682. The van der Waals surface area contributed by atoms with Crippen molar-refractivity contribution >= 4 is 21.7 Å². The quantitative estimate of drug-likeness (QED) is 0.639. The van der Waals surface area contributed by atoms with Crippen LogP contribution in [0.4, 0.5) is 14.9 Å². The summed E-state index contributed by atoms with van der Waals surface area (Å²) in [6.45, 7) is 8.26. The van der Waals surface area contributed by atoms with Crippen molar-refractivity contribution in [3.8, 4) is 0 Å². The summed E-state index contributed by atoms with van der Waals surface area (Å²) in [4.78, 5) is 16.2. The SMILES string of the molecule is CCCS(=O)(=O)NC1CCN(C(=O)NCc2ccc(N3CC(C)OC(C)C3)c(F)c2)CC1. The summed E-state index contributed by atoms with van der Waals surface area (Å²) < 4.78 is 47.0. The number of rotatable bonds is 7. The van der Waals surface area contributed by atoms with Gasteiger partial charge in [0, 0.05) is 38.8 Å². The van der Waals surface area contributed by atoms with Crippen molar-refractivity contribution in [2.75, 3.05) is 36.8 Å². The summed E-state index contributed by atoms with van der Waals surface area (Å²) in [5, 5.41) is 2.84. The van der Waals surface area contributed by atoms with Gasteiger partial charge in [0.05, 0.1) is 23.6 Å². The molecule has 0 saturated carbocycles. The largest absolute Gasteiger partial charge is 0.372 e. The second-order valence-electron chi connectivity index (χ2n) is 8.80. The van der Waals surface area contributed by atoms with Gasteiger partial charge in [-0.1, -0.05) is 13.0 Å². The van der Waals surface area contributed by atoms with Gasteiger partial charge in [-0.2, -0.15) is 0 Å². The second-order valence-corrected chi connectivity index (χ2v) is 10.7. The minimum atomic E-state index is -3.25. The number of carbonyl (C=O) groups excluding carboxylic acids is 1. The lowest BCUT2D eigenvalue weighted by atomic mass is 10.1. The molecule has 0 bridgehead atoms. The van der Waals surface area contributed by atoms with E-state index >= 15 is 0 Å². The Hall–Kier alpha value is -1.91. The number of halogens is 1. The number of likely N-dealkylation sites (tertiary alicyclic amines) is 1. The summed E-state index contributed by atoms with van der Waals surface area (Å²) in [5.41, 5.74) is 1.24. The molecule has 1 aromatic rings. The van der Waals surface area contributed by atoms with E-state index in [-0.39, 0.29) is 42.4 Å². The maximum absolute atomic E-state index is 14.7. The molecule has 180 valence electrons. The number of amides is 2. The van der Waals surface area contributed by atoms with Crippen LogP contribution in [-0.2, 0) is 21.3 Å². The average Bonchev–Trinajstić information content (AvgIpc) is 2.71. The van der Waals surface area contributed by atoms with Crippen molar-refractivity contribution in [3.63, 3.8) is 0 Å². The number of nitrogens with zero attached hydrogens (tertiary/aromatic N) is 2. The zero-order valence-electron chi connectivity index (χ0n) is 19.1. The molecule has 2 unspecified atom stereocenters. The Labute approximate surface area is 190 Å². The van der Waals surface area contributed by atoms with Crippen LogP contribution in [0.15, 0.2) is 18.2 Å². The Morgan fingerprint density at radius 2 is 1.84 bits per heavy atom. The van der Waals surface area contributed by atoms with Crippen LogP contribution >= 0.6 is 0 Å². The molecule has 8 nitrogen and oxygen atoms in total. The van der Waals surface area contributed by atoms with Gasteiger partial charge >= 0.3 is 6.03 Å². The Bertz CT molecular complexity index is 880. The van der Waals surface area contributed by atoms with Gasteiger partial charge < -0.3 is 19.9 Å². The summed E-state index contributed by atoms with van der Waals surface area (Å²) in [5.74, 6) is -0.190. The molecule has 2 aliphatic heterocycles. The van der Waals surface area contributed by atoms with E-state index in [4.69, 9.17) is 4.74 Å². The van der Waals surface area contributed by atoms with Gasteiger partial charge in [0.15, 0.2) is 0 Å². The van der Waals surface area contributed by atoms with Crippen molar-refractivity contribution in [2.45, 2.75) is 64.8 Å². The fourth-order valence-electron chi connectivity index (χ4n) is 4.36. The van der Waals surface area contributed by atoms with Crippen molar-refractivity contribution < 1.29 is 22.3 Å². The third-order valence-corrected chi connectivity index (χ3v) is 7.46. The first-order chi connectivity index (χ1) is 15.2. The number of hydrogen-bond donors (Lipinski definition) is 2. The molecule has 0 spiro atoms. The highest BCUT2D eigenvalue weighted by Gasteiger charge is 2.26. The van der Waals surface area contributed by atoms with Gasteiger partial charge in [-0.25, -0.2) is 22.3 Å².